The number of aromatic nitrogens is 1. The monoisotopic (exact) mass is 210 g/mol. The van der Waals surface area contributed by atoms with Gasteiger partial charge in [0.05, 0.1) is 5.69 Å². The van der Waals surface area contributed by atoms with Crippen LogP contribution in [0.5, 0.6) is 0 Å². The molecule has 0 bridgehead atoms. The Morgan fingerprint density at radius 2 is 2.13 bits per heavy atom. The number of pyridine rings is 1. The molecule has 2 heterocycles. The zero-order chi connectivity index (χ0) is 10.1. The number of hydrogen-bond donors (Lipinski definition) is 0. The molecule has 15 heavy (non-hydrogen) atoms. The van der Waals surface area contributed by atoms with Crippen LogP contribution in [0.2, 0.25) is 0 Å². The maximum Gasteiger partial charge on any atom is 0.0722 e. The molecule has 0 saturated carbocycles. The second-order valence-electron chi connectivity index (χ2n) is 3.27. The molecule has 0 spiro atoms. The zero-order valence-electron chi connectivity index (χ0n) is 7.97. The predicted molar refractivity (Wildman–Crippen MR) is 63.9 cm³/mol. The predicted octanol–water partition coefficient (Wildman–Crippen LogP) is 3.76. The summed E-state index contributed by atoms with van der Waals surface area (Å²) in [6.45, 7) is 0. The highest BCUT2D eigenvalue weighted by atomic mass is 32.1. The molecule has 2 aromatic heterocycles. The first-order valence-electron chi connectivity index (χ1n) is 4.74. The van der Waals surface area contributed by atoms with Gasteiger partial charge in [0, 0.05) is 16.5 Å². The summed E-state index contributed by atoms with van der Waals surface area (Å²) in [7, 11) is 0. The van der Waals surface area contributed by atoms with Crippen molar-refractivity contribution >= 4 is 21.4 Å². The zero-order valence-corrected chi connectivity index (χ0v) is 8.79. The SMILES string of the molecule is [c]1ccc2ccsc2c1-c1ccccn1. The smallest absolute Gasteiger partial charge is 0.0722 e. The highest BCUT2D eigenvalue weighted by molar-refractivity contribution is 7.17. The molecule has 71 valence electrons. The van der Waals surface area contributed by atoms with Crippen molar-refractivity contribution in [3.8, 4) is 11.3 Å². The summed E-state index contributed by atoms with van der Waals surface area (Å²) >= 11 is 1.74. The van der Waals surface area contributed by atoms with Crippen LogP contribution in [0.3, 0.4) is 0 Å². The van der Waals surface area contributed by atoms with Gasteiger partial charge in [0.15, 0.2) is 0 Å². The Morgan fingerprint density at radius 3 is 3.00 bits per heavy atom. The van der Waals surface area contributed by atoms with E-state index < -0.39 is 0 Å². The van der Waals surface area contributed by atoms with Gasteiger partial charge < -0.3 is 0 Å². The molecule has 2 heteroatoms. The topological polar surface area (TPSA) is 12.9 Å². The van der Waals surface area contributed by atoms with Crippen molar-refractivity contribution in [1.82, 2.24) is 4.98 Å². The molecule has 3 aromatic rings. The Kier molecular flexibility index (Phi) is 2.00. The Labute approximate surface area is 92.0 Å². The molecule has 0 atom stereocenters. The minimum absolute atomic E-state index is 0.991. The highest BCUT2D eigenvalue weighted by Crippen LogP contribution is 2.30. The van der Waals surface area contributed by atoms with Crippen molar-refractivity contribution < 1.29 is 0 Å². The van der Waals surface area contributed by atoms with Gasteiger partial charge in [-0.15, -0.1) is 11.3 Å². The van der Waals surface area contributed by atoms with Crippen LogP contribution in [0, 0.1) is 6.07 Å². The molecule has 1 aromatic carbocycles. The summed E-state index contributed by atoms with van der Waals surface area (Å²) in [6, 6.07) is 15.4. The lowest BCUT2D eigenvalue weighted by Crippen LogP contribution is -1.81. The molecule has 1 nitrogen and oxygen atoms in total. The molecule has 0 aliphatic heterocycles. The normalized spacial score (nSPS) is 10.7. The third kappa shape index (κ3) is 1.43. The molecule has 0 N–H and O–H groups in total. The molecule has 3 rings (SSSR count). The number of fused-ring (bicyclic) bond motifs is 1. The summed E-state index contributed by atoms with van der Waals surface area (Å²) in [5.74, 6) is 0. The van der Waals surface area contributed by atoms with E-state index in [1.807, 2.05) is 30.5 Å². The van der Waals surface area contributed by atoms with Crippen molar-refractivity contribution in [3.63, 3.8) is 0 Å². The Bertz CT molecular complexity index is 584. The maximum absolute atomic E-state index is 4.35. The van der Waals surface area contributed by atoms with Gasteiger partial charge >= 0.3 is 0 Å². The number of benzene rings is 1. The maximum atomic E-state index is 4.35. The molecule has 0 amide bonds. The van der Waals surface area contributed by atoms with E-state index in [-0.39, 0.29) is 0 Å². The second-order valence-corrected chi connectivity index (χ2v) is 4.19. The van der Waals surface area contributed by atoms with Gasteiger partial charge in [-0.1, -0.05) is 18.2 Å². The minimum Gasteiger partial charge on any atom is -0.256 e. The Morgan fingerprint density at radius 1 is 1.13 bits per heavy atom. The summed E-state index contributed by atoms with van der Waals surface area (Å²) in [6.07, 6.45) is 1.82. The van der Waals surface area contributed by atoms with Crippen LogP contribution >= 0.6 is 11.3 Å². The first kappa shape index (κ1) is 8.62. The average Bonchev–Trinajstić information content (AvgIpc) is 2.78. The lowest BCUT2D eigenvalue weighted by molar-refractivity contribution is 1.33. The lowest BCUT2D eigenvalue weighted by Gasteiger charge is -2.00. The fraction of sp³-hybridized carbons (Fsp3) is 0. The van der Waals surface area contributed by atoms with Gasteiger partial charge in [0.1, 0.15) is 0 Å². The van der Waals surface area contributed by atoms with Crippen LogP contribution in [0.25, 0.3) is 21.3 Å². The van der Waals surface area contributed by atoms with E-state index >= 15 is 0 Å². The number of hydrogen-bond acceptors (Lipinski definition) is 2. The van der Waals surface area contributed by atoms with Crippen molar-refractivity contribution in [1.29, 1.82) is 0 Å². The van der Waals surface area contributed by atoms with E-state index in [0.717, 1.165) is 11.3 Å². The second kappa shape index (κ2) is 3.48. The first-order chi connectivity index (χ1) is 7.45. The Hall–Kier alpha value is -1.67. The molecule has 0 aliphatic carbocycles. The van der Waals surface area contributed by atoms with Crippen LogP contribution in [0.1, 0.15) is 0 Å². The summed E-state index contributed by atoms with van der Waals surface area (Å²) < 4.78 is 1.26. The first-order valence-corrected chi connectivity index (χ1v) is 5.62. The van der Waals surface area contributed by atoms with Gasteiger partial charge in [0.2, 0.25) is 0 Å². The standard InChI is InChI=1S/C13H8NS/c1-2-8-14-12(6-1)11-5-3-4-10-7-9-15-13(10)11/h1-4,6-9H. The Balaban J connectivity index is 2.31. The van der Waals surface area contributed by atoms with Gasteiger partial charge in [0.25, 0.3) is 0 Å². The summed E-state index contributed by atoms with van der Waals surface area (Å²) in [5.41, 5.74) is 2.09. The molecule has 0 fully saturated rings. The number of thiophene rings is 1. The summed E-state index contributed by atoms with van der Waals surface area (Å²) in [4.78, 5) is 4.35. The van der Waals surface area contributed by atoms with E-state index in [4.69, 9.17) is 0 Å². The molecule has 1 radical (unpaired) electrons. The van der Waals surface area contributed by atoms with Crippen LogP contribution in [0.15, 0.2) is 48.0 Å². The minimum atomic E-state index is 0.991. The van der Waals surface area contributed by atoms with Crippen molar-refractivity contribution in [2.75, 3.05) is 0 Å². The largest absolute Gasteiger partial charge is 0.256 e. The van der Waals surface area contributed by atoms with Crippen LogP contribution in [0.4, 0.5) is 0 Å². The molecule has 0 unspecified atom stereocenters. The fourth-order valence-corrected chi connectivity index (χ4v) is 2.54. The summed E-state index contributed by atoms with van der Waals surface area (Å²) in [5, 5.41) is 3.37. The van der Waals surface area contributed by atoms with E-state index in [2.05, 4.69) is 28.6 Å². The fourth-order valence-electron chi connectivity index (χ4n) is 1.63. The number of nitrogens with zero attached hydrogens (tertiary/aromatic N) is 1. The van der Waals surface area contributed by atoms with Gasteiger partial charge in [-0.25, -0.2) is 0 Å². The van der Waals surface area contributed by atoms with Gasteiger partial charge in [-0.2, -0.15) is 0 Å². The molecule has 0 aliphatic rings. The van der Waals surface area contributed by atoms with Gasteiger partial charge in [-0.05, 0) is 35.0 Å². The quantitative estimate of drug-likeness (QED) is 0.596. The molecular formula is C13H8NS. The van der Waals surface area contributed by atoms with Crippen molar-refractivity contribution in [2.45, 2.75) is 0 Å². The van der Waals surface area contributed by atoms with E-state index in [1.165, 1.54) is 10.1 Å². The van der Waals surface area contributed by atoms with E-state index in [1.54, 1.807) is 11.3 Å². The van der Waals surface area contributed by atoms with Crippen LogP contribution in [-0.2, 0) is 0 Å². The van der Waals surface area contributed by atoms with Crippen LogP contribution in [-0.4, -0.2) is 4.98 Å². The highest BCUT2D eigenvalue weighted by Gasteiger charge is 2.04. The van der Waals surface area contributed by atoms with Crippen molar-refractivity contribution in [3.05, 3.63) is 54.0 Å². The lowest BCUT2D eigenvalue weighted by atomic mass is 10.1. The van der Waals surface area contributed by atoms with Crippen molar-refractivity contribution in [2.24, 2.45) is 0 Å². The van der Waals surface area contributed by atoms with E-state index in [9.17, 15) is 0 Å². The van der Waals surface area contributed by atoms with Crippen LogP contribution < -0.4 is 0 Å². The molecular weight excluding hydrogens is 202 g/mol. The van der Waals surface area contributed by atoms with Gasteiger partial charge in [-0.3, -0.25) is 4.98 Å². The number of rotatable bonds is 1. The average molecular weight is 210 g/mol. The molecule has 0 saturated heterocycles. The third-order valence-corrected chi connectivity index (χ3v) is 3.28. The van der Waals surface area contributed by atoms with E-state index in [0.29, 0.717) is 0 Å². The third-order valence-electron chi connectivity index (χ3n) is 2.33.